The summed E-state index contributed by atoms with van der Waals surface area (Å²) in [5.41, 5.74) is 3.00. The topological polar surface area (TPSA) is 21.3 Å². The Morgan fingerprint density at radius 3 is 2.50 bits per heavy atom. The van der Waals surface area contributed by atoms with Gasteiger partial charge in [0.2, 0.25) is 0 Å². The third-order valence-electron chi connectivity index (χ3n) is 4.30. The molecule has 1 aromatic rings. The van der Waals surface area contributed by atoms with E-state index in [0.29, 0.717) is 12.0 Å². The van der Waals surface area contributed by atoms with Gasteiger partial charge in [-0.15, -0.1) is 0 Å². The van der Waals surface area contributed by atoms with E-state index in [1.54, 1.807) is 0 Å². The Bertz CT molecular complexity index is 404. The van der Waals surface area contributed by atoms with E-state index in [9.17, 15) is 0 Å². The lowest BCUT2D eigenvalue weighted by Gasteiger charge is -2.20. The second-order valence-corrected chi connectivity index (χ2v) is 6.94. The summed E-state index contributed by atoms with van der Waals surface area (Å²) in [7, 11) is 0. The minimum absolute atomic E-state index is 0.238. The van der Waals surface area contributed by atoms with Crippen LogP contribution in [0.1, 0.15) is 51.7 Å². The molecule has 0 radical (unpaired) electrons. The Hall–Kier alpha value is -0.860. The lowest BCUT2D eigenvalue weighted by molar-refractivity contribution is 0.0872. The maximum absolute atomic E-state index is 5.73. The molecule has 1 aliphatic heterocycles. The highest BCUT2D eigenvalue weighted by atomic mass is 16.5. The fourth-order valence-corrected chi connectivity index (χ4v) is 2.90. The number of hydrogen-bond acceptors (Lipinski definition) is 2. The van der Waals surface area contributed by atoms with E-state index in [0.717, 1.165) is 26.1 Å². The molecule has 1 N–H and O–H groups in total. The third kappa shape index (κ3) is 4.07. The molecule has 112 valence electrons. The predicted molar refractivity (Wildman–Crippen MR) is 85.0 cm³/mol. The van der Waals surface area contributed by atoms with Crippen LogP contribution in [0.4, 0.5) is 0 Å². The number of ether oxygens (including phenoxy) is 1. The summed E-state index contributed by atoms with van der Waals surface area (Å²) < 4.78 is 5.73. The van der Waals surface area contributed by atoms with Crippen molar-refractivity contribution in [3.8, 4) is 0 Å². The van der Waals surface area contributed by atoms with Gasteiger partial charge >= 0.3 is 0 Å². The van der Waals surface area contributed by atoms with Crippen molar-refractivity contribution in [2.24, 2.45) is 5.92 Å². The highest BCUT2D eigenvalue weighted by Crippen LogP contribution is 2.23. The standard InChI is InChI=1S/C18H29NO/c1-5-17-15(10-11-20-17)13-19-12-14-6-8-16(9-7-14)18(2,3)4/h6-9,15,17,19H,5,10-13H2,1-4H3. The molecule has 2 rings (SSSR count). The van der Waals surface area contributed by atoms with E-state index in [1.165, 1.54) is 17.5 Å². The summed E-state index contributed by atoms with van der Waals surface area (Å²) >= 11 is 0. The number of hydrogen-bond donors (Lipinski definition) is 1. The zero-order chi connectivity index (χ0) is 14.6. The van der Waals surface area contributed by atoms with Crippen LogP contribution in [0, 0.1) is 5.92 Å². The molecule has 0 amide bonds. The van der Waals surface area contributed by atoms with Crippen LogP contribution >= 0.6 is 0 Å². The molecule has 1 aliphatic rings. The molecular weight excluding hydrogens is 246 g/mol. The van der Waals surface area contributed by atoms with Crippen LogP contribution in [0.25, 0.3) is 0 Å². The van der Waals surface area contributed by atoms with Crippen LogP contribution in [0.5, 0.6) is 0 Å². The molecule has 1 aromatic carbocycles. The second-order valence-electron chi connectivity index (χ2n) is 6.94. The van der Waals surface area contributed by atoms with Crippen molar-refractivity contribution in [3.63, 3.8) is 0 Å². The summed E-state index contributed by atoms with van der Waals surface area (Å²) in [5, 5.41) is 3.59. The molecule has 2 unspecified atom stereocenters. The van der Waals surface area contributed by atoms with Crippen molar-refractivity contribution in [2.45, 2.75) is 58.6 Å². The van der Waals surface area contributed by atoms with Crippen LogP contribution in [-0.4, -0.2) is 19.3 Å². The number of rotatable bonds is 5. The summed E-state index contributed by atoms with van der Waals surface area (Å²) in [4.78, 5) is 0. The van der Waals surface area contributed by atoms with E-state index >= 15 is 0 Å². The molecule has 0 spiro atoms. The highest BCUT2D eigenvalue weighted by Gasteiger charge is 2.25. The normalized spacial score (nSPS) is 23.2. The fraction of sp³-hybridized carbons (Fsp3) is 0.667. The van der Waals surface area contributed by atoms with Crippen molar-refractivity contribution in [1.29, 1.82) is 0 Å². The maximum Gasteiger partial charge on any atom is 0.0613 e. The van der Waals surface area contributed by atoms with Crippen molar-refractivity contribution in [3.05, 3.63) is 35.4 Å². The van der Waals surface area contributed by atoms with Crippen LogP contribution < -0.4 is 5.32 Å². The molecule has 1 fully saturated rings. The Morgan fingerprint density at radius 2 is 1.90 bits per heavy atom. The summed E-state index contributed by atoms with van der Waals surface area (Å²) in [5.74, 6) is 0.689. The largest absolute Gasteiger partial charge is 0.378 e. The van der Waals surface area contributed by atoms with Gasteiger partial charge in [-0.3, -0.25) is 0 Å². The molecule has 1 heterocycles. The van der Waals surface area contributed by atoms with Crippen LogP contribution in [0.15, 0.2) is 24.3 Å². The van der Waals surface area contributed by atoms with Crippen LogP contribution in [0.3, 0.4) is 0 Å². The van der Waals surface area contributed by atoms with Crippen LogP contribution in [0.2, 0.25) is 0 Å². The minimum Gasteiger partial charge on any atom is -0.378 e. The average molecular weight is 275 g/mol. The Labute approximate surface area is 123 Å². The zero-order valence-corrected chi connectivity index (χ0v) is 13.4. The molecular formula is C18H29NO. The van der Waals surface area contributed by atoms with E-state index in [4.69, 9.17) is 4.74 Å². The van der Waals surface area contributed by atoms with Gasteiger partial charge in [0.05, 0.1) is 6.10 Å². The Balaban J connectivity index is 1.80. The van der Waals surface area contributed by atoms with Gasteiger partial charge < -0.3 is 10.1 Å². The van der Waals surface area contributed by atoms with Gasteiger partial charge in [-0.25, -0.2) is 0 Å². The summed E-state index contributed by atoms with van der Waals surface area (Å²) in [6, 6.07) is 9.00. The van der Waals surface area contributed by atoms with E-state index in [2.05, 4.69) is 57.3 Å². The van der Waals surface area contributed by atoms with E-state index in [1.807, 2.05) is 0 Å². The SMILES string of the molecule is CCC1OCCC1CNCc1ccc(C(C)(C)C)cc1. The third-order valence-corrected chi connectivity index (χ3v) is 4.30. The molecule has 2 atom stereocenters. The molecule has 2 heteroatoms. The quantitative estimate of drug-likeness (QED) is 0.880. The molecule has 1 saturated heterocycles. The summed E-state index contributed by atoms with van der Waals surface area (Å²) in [6.45, 7) is 11.9. The molecule has 0 bridgehead atoms. The molecule has 0 saturated carbocycles. The van der Waals surface area contributed by atoms with Gasteiger partial charge in [0, 0.05) is 19.7 Å². The van der Waals surface area contributed by atoms with E-state index in [-0.39, 0.29) is 5.41 Å². The zero-order valence-electron chi connectivity index (χ0n) is 13.4. The van der Waals surface area contributed by atoms with Crippen molar-refractivity contribution in [2.75, 3.05) is 13.2 Å². The Kier molecular flexibility index (Phi) is 5.22. The number of nitrogens with one attached hydrogen (secondary N) is 1. The lowest BCUT2D eigenvalue weighted by Crippen LogP contribution is -2.28. The van der Waals surface area contributed by atoms with Gasteiger partial charge in [0.25, 0.3) is 0 Å². The average Bonchev–Trinajstić information content (AvgIpc) is 2.86. The first-order valence-corrected chi connectivity index (χ1v) is 7.92. The van der Waals surface area contributed by atoms with Crippen molar-refractivity contribution < 1.29 is 4.74 Å². The fourth-order valence-electron chi connectivity index (χ4n) is 2.90. The predicted octanol–water partition coefficient (Wildman–Crippen LogP) is 3.89. The number of benzene rings is 1. The molecule has 0 aromatic heterocycles. The van der Waals surface area contributed by atoms with Gasteiger partial charge in [0.15, 0.2) is 0 Å². The first-order valence-electron chi connectivity index (χ1n) is 7.92. The highest BCUT2D eigenvalue weighted by molar-refractivity contribution is 5.27. The Morgan fingerprint density at radius 1 is 1.20 bits per heavy atom. The van der Waals surface area contributed by atoms with Crippen LogP contribution in [-0.2, 0) is 16.7 Å². The van der Waals surface area contributed by atoms with E-state index < -0.39 is 0 Å². The summed E-state index contributed by atoms with van der Waals surface area (Å²) in [6.07, 6.45) is 2.80. The van der Waals surface area contributed by atoms with Crippen molar-refractivity contribution in [1.82, 2.24) is 5.32 Å². The first-order chi connectivity index (χ1) is 9.50. The van der Waals surface area contributed by atoms with Gasteiger partial charge in [-0.1, -0.05) is 52.0 Å². The molecule has 2 nitrogen and oxygen atoms in total. The van der Waals surface area contributed by atoms with Gasteiger partial charge in [-0.05, 0) is 35.3 Å². The smallest absolute Gasteiger partial charge is 0.0613 e. The monoisotopic (exact) mass is 275 g/mol. The molecule has 20 heavy (non-hydrogen) atoms. The van der Waals surface area contributed by atoms with Gasteiger partial charge in [0.1, 0.15) is 0 Å². The van der Waals surface area contributed by atoms with Crippen molar-refractivity contribution >= 4 is 0 Å². The lowest BCUT2D eigenvalue weighted by atomic mass is 9.87. The first kappa shape index (κ1) is 15.5. The minimum atomic E-state index is 0.238. The molecule has 0 aliphatic carbocycles. The second kappa shape index (κ2) is 6.73. The van der Waals surface area contributed by atoms with Gasteiger partial charge in [-0.2, -0.15) is 0 Å². The maximum atomic E-state index is 5.73.